The molecule has 0 aliphatic rings. The van der Waals surface area contributed by atoms with Gasteiger partial charge in [-0.1, -0.05) is 63.2 Å². The first-order chi connectivity index (χ1) is 12.4. The van der Waals surface area contributed by atoms with E-state index in [0.29, 0.717) is 23.6 Å². The molecule has 5 heteroatoms. The smallest absolute Gasteiger partial charge is 0.254 e. The van der Waals surface area contributed by atoms with Crippen molar-refractivity contribution in [3.63, 3.8) is 0 Å². The fraction of sp³-hybridized carbons (Fsp3) is 0.238. The molecule has 2 aromatic carbocycles. The molecular formula is C21H22FN3O. The predicted octanol–water partition coefficient (Wildman–Crippen LogP) is 4.99. The van der Waals surface area contributed by atoms with Gasteiger partial charge in [-0.15, -0.1) is 0 Å². The van der Waals surface area contributed by atoms with Gasteiger partial charge in [0.25, 0.3) is 5.91 Å². The highest BCUT2D eigenvalue weighted by Gasteiger charge is 2.27. The maximum atomic E-state index is 14.1. The molecular weight excluding hydrogens is 329 g/mol. The lowest BCUT2D eigenvalue weighted by Gasteiger charge is -2.18. The Labute approximate surface area is 152 Å². The lowest BCUT2D eigenvalue weighted by molar-refractivity contribution is 0.0752. The van der Waals surface area contributed by atoms with Gasteiger partial charge in [0.15, 0.2) is 0 Å². The first-order valence-corrected chi connectivity index (χ1v) is 8.54. The second-order valence-corrected chi connectivity index (χ2v) is 7.20. The number of halogens is 1. The lowest BCUT2D eigenvalue weighted by Crippen LogP contribution is -2.28. The summed E-state index contributed by atoms with van der Waals surface area (Å²) >= 11 is 0. The van der Waals surface area contributed by atoms with Gasteiger partial charge < -0.3 is 5.32 Å². The van der Waals surface area contributed by atoms with E-state index < -0.39 is 5.41 Å². The molecule has 3 rings (SSSR count). The summed E-state index contributed by atoms with van der Waals surface area (Å²) in [4.78, 5) is 12.8. The molecule has 1 heterocycles. The summed E-state index contributed by atoms with van der Waals surface area (Å²) in [7, 11) is 0. The van der Waals surface area contributed by atoms with Crippen LogP contribution in [0.4, 0.5) is 10.2 Å². The van der Waals surface area contributed by atoms with Crippen LogP contribution < -0.4 is 5.32 Å². The molecule has 134 valence electrons. The van der Waals surface area contributed by atoms with Crippen molar-refractivity contribution in [3.05, 3.63) is 72.0 Å². The zero-order valence-electron chi connectivity index (χ0n) is 15.2. The van der Waals surface area contributed by atoms with E-state index in [-0.39, 0.29) is 11.7 Å². The molecule has 1 aromatic heterocycles. The number of nitrogens with zero attached hydrogens (tertiary/aromatic N) is 2. The Morgan fingerprint density at radius 2 is 1.73 bits per heavy atom. The van der Waals surface area contributed by atoms with E-state index in [1.54, 1.807) is 24.3 Å². The molecule has 26 heavy (non-hydrogen) atoms. The van der Waals surface area contributed by atoms with Gasteiger partial charge in [-0.3, -0.25) is 4.79 Å². The minimum absolute atomic E-state index is 0.157. The molecule has 0 fully saturated rings. The van der Waals surface area contributed by atoms with E-state index in [9.17, 15) is 9.18 Å². The van der Waals surface area contributed by atoms with Crippen LogP contribution in [0, 0.1) is 11.2 Å². The van der Waals surface area contributed by atoms with Gasteiger partial charge in [-0.05, 0) is 17.7 Å². The molecule has 0 aliphatic carbocycles. The Morgan fingerprint density at radius 1 is 1.08 bits per heavy atom. The molecule has 0 saturated heterocycles. The van der Waals surface area contributed by atoms with Crippen molar-refractivity contribution in [2.24, 2.45) is 5.41 Å². The number of hydrogen-bond acceptors (Lipinski definition) is 3. The monoisotopic (exact) mass is 351 g/mol. The highest BCUT2D eigenvalue weighted by atomic mass is 19.1. The van der Waals surface area contributed by atoms with Gasteiger partial charge in [0.1, 0.15) is 11.6 Å². The summed E-state index contributed by atoms with van der Waals surface area (Å²) in [5.74, 6) is 0.0256. The lowest BCUT2D eigenvalue weighted by atomic mass is 9.96. The Hall–Kier alpha value is -2.95. The largest absolute Gasteiger partial charge is 0.366 e. The van der Waals surface area contributed by atoms with Crippen molar-refractivity contribution >= 4 is 11.7 Å². The van der Waals surface area contributed by atoms with Crippen molar-refractivity contribution in [1.82, 2.24) is 9.78 Å². The highest BCUT2D eigenvalue weighted by molar-refractivity contribution is 5.87. The Balaban J connectivity index is 1.98. The normalized spacial score (nSPS) is 11.4. The molecule has 0 aliphatic heterocycles. The van der Waals surface area contributed by atoms with Crippen molar-refractivity contribution < 1.29 is 9.18 Å². The van der Waals surface area contributed by atoms with E-state index in [0.717, 1.165) is 5.56 Å². The zero-order valence-corrected chi connectivity index (χ0v) is 15.2. The predicted molar refractivity (Wildman–Crippen MR) is 101 cm³/mol. The Morgan fingerprint density at radius 3 is 2.38 bits per heavy atom. The van der Waals surface area contributed by atoms with Gasteiger partial charge in [-0.2, -0.15) is 9.78 Å². The third-order valence-electron chi connectivity index (χ3n) is 4.01. The summed E-state index contributed by atoms with van der Waals surface area (Å²) in [6.45, 7) is 6.04. The average molecular weight is 351 g/mol. The molecule has 0 radical (unpaired) electrons. The summed E-state index contributed by atoms with van der Waals surface area (Å²) in [6, 6.07) is 18.0. The number of hydrogen-bond donors (Lipinski definition) is 1. The van der Waals surface area contributed by atoms with Crippen LogP contribution >= 0.6 is 0 Å². The number of benzene rings is 2. The topological polar surface area (TPSA) is 46.9 Å². The van der Waals surface area contributed by atoms with Crippen LogP contribution in [0.1, 0.15) is 31.1 Å². The third kappa shape index (κ3) is 3.82. The molecule has 3 aromatic rings. The first kappa shape index (κ1) is 17.9. The number of nitrogens with one attached hydrogen (secondary N) is 1. The minimum Gasteiger partial charge on any atom is -0.366 e. The van der Waals surface area contributed by atoms with Gasteiger partial charge in [0.2, 0.25) is 0 Å². The van der Waals surface area contributed by atoms with Gasteiger partial charge in [0, 0.05) is 23.6 Å². The van der Waals surface area contributed by atoms with Gasteiger partial charge in [-0.25, -0.2) is 4.39 Å². The zero-order chi connectivity index (χ0) is 18.7. The standard InChI is InChI=1S/C21H22FN3O/c1-21(2,3)20(26)25-19(23-14-15-9-5-4-6-10-15)13-18(24-25)16-11-7-8-12-17(16)22/h4-13,23H,14H2,1-3H3. The molecule has 0 atom stereocenters. The average Bonchev–Trinajstić information content (AvgIpc) is 3.03. The molecule has 0 amide bonds. The van der Waals surface area contributed by atoms with Crippen molar-refractivity contribution in [1.29, 1.82) is 0 Å². The molecule has 4 nitrogen and oxygen atoms in total. The van der Waals surface area contributed by atoms with Crippen LogP contribution in [0.25, 0.3) is 11.3 Å². The van der Waals surface area contributed by atoms with Crippen LogP contribution in [0.3, 0.4) is 0 Å². The number of rotatable bonds is 4. The number of carbonyl (C=O) groups is 1. The van der Waals surface area contributed by atoms with Crippen LogP contribution in [-0.2, 0) is 6.54 Å². The fourth-order valence-electron chi connectivity index (χ4n) is 2.57. The molecule has 0 saturated carbocycles. The van der Waals surface area contributed by atoms with Crippen LogP contribution in [-0.4, -0.2) is 15.7 Å². The van der Waals surface area contributed by atoms with Gasteiger partial charge in [0.05, 0.1) is 5.69 Å². The fourth-order valence-corrected chi connectivity index (χ4v) is 2.57. The number of anilines is 1. The molecule has 0 unspecified atom stereocenters. The molecule has 1 N–H and O–H groups in total. The van der Waals surface area contributed by atoms with Crippen molar-refractivity contribution in [2.75, 3.05) is 5.32 Å². The van der Waals surface area contributed by atoms with E-state index in [2.05, 4.69) is 10.4 Å². The summed E-state index contributed by atoms with van der Waals surface area (Å²) < 4.78 is 15.5. The Bertz CT molecular complexity index is 911. The second-order valence-electron chi connectivity index (χ2n) is 7.20. The van der Waals surface area contributed by atoms with E-state index in [1.807, 2.05) is 51.1 Å². The second kappa shape index (κ2) is 7.12. The van der Waals surface area contributed by atoms with Crippen molar-refractivity contribution in [2.45, 2.75) is 27.3 Å². The quantitative estimate of drug-likeness (QED) is 0.720. The first-order valence-electron chi connectivity index (χ1n) is 8.54. The van der Waals surface area contributed by atoms with Crippen LogP contribution in [0.5, 0.6) is 0 Å². The molecule has 0 bridgehead atoms. The van der Waals surface area contributed by atoms with Crippen LogP contribution in [0.15, 0.2) is 60.7 Å². The van der Waals surface area contributed by atoms with E-state index in [4.69, 9.17) is 0 Å². The summed E-state index contributed by atoms with van der Waals surface area (Å²) in [6.07, 6.45) is 0. The number of carbonyl (C=O) groups excluding carboxylic acids is 1. The minimum atomic E-state index is -0.609. The SMILES string of the molecule is CC(C)(C)C(=O)n1nc(-c2ccccc2F)cc1NCc1ccccc1. The van der Waals surface area contributed by atoms with Crippen molar-refractivity contribution in [3.8, 4) is 11.3 Å². The summed E-state index contributed by atoms with van der Waals surface area (Å²) in [5.41, 5.74) is 1.27. The maximum absolute atomic E-state index is 14.1. The number of aromatic nitrogens is 2. The Kier molecular flexibility index (Phi) is 4.89. The third-order valence-corrected chi connectivity index (χ3v) is 4.01. The summed E-state index contributed by atoms with van der Waals surface area (Å²) in [5, 5.41) is 7.63. The van der Waals surface area contributed by atoms with E-state index >= 15 is 0 Å². The highest BCUT2D eigenvalue weighted by Crippen LogP contribution is 2.27. The van der Waals surface area contributed by atoms with E-state index in [1.165, 1.54) is 10.7 Å². The van der Waals surface area contributed by atoms with Crippen LogP contribution in [0.2, 0.25) is 0 Å². The van der Waals surface area contributed by atoms with Gasteiger partial charge >= 0.3 is 0 Å². The maximum Gasteiger partial charge on any atom is 0.254 e. The molecule has 0 spiro atoms.